The van der Waals surface area contributed by atoms with E-state index in [1.165, 1.54) is 30.1 Å². The van der Waals surface area contributed by atoms with Crippen LogP contribution in [0.4, 0.5) is 5.69 Å². The van der Waals surface area contributed by atoms with Crippen molar-refractivity contribution in [1.29, 1.82) is 0 Å². The quantitative estimate of drug-likeness (QED) is 0.474. The Morgan fingerprint density at radius 3 is 2.75 bits per heavy atom. The number of nitrogens with zero attached hydrogens (tertiary/aromatic N) is 2. The van der Waals surface area contributed by atoms with Gasteiger partial charge in [-0.1, -0.05) is 42.5 Å². The third kappa shape index (κ3) is 5.51. The Bertz CT molecular complexity index is 735. The minimum atomic E-state index is -0.474. The molecule has 0 fully saturated rings. The van der Waals surface area contributed by atoms with Gasteiger partial charge in [0.1, 0.15) is 0 Å². The fourth-order valence-corrected chi connectivity index (χ4v) is 2.69. The maximum absolute atomic E-state index is 12.0. The van der Waals surface area contributed by atoms with Crippen LogP contribution >= 0.6 is 11.8 Å². The van der Waals surface area contributed by atoms with Crippen molar-refractivity contribution in [3.8, 4) is 0 Å². The molecule has 6 nitrogen and oxygen atoms in total. The molecular formula is C17H17N3O3S. The Labute approximate surface area is 144 Å². The van der Waals surface area contributed by atoms with Crippen molar-refractivity contribution in [3.63, 3.8) is 0 Å². The summed E-state index contributed by atoms with van der Waals surface area (Å²) >= 11 is 1.51. The van der Waals surface area contributed by atoms with E-state index in [2.05, 4.69) is 10.5 Å². The molecule has 2 aromatic carbocycles. The summed E-state index contributed by atoms with van der Waals surface area (Å²) in [7, 11) is 0. The van der Waals surface area contributed by atoms with Crippen LogP contribution in [0, 0.1) is 10.1 Å². The van der Waals surface area contributed by atoms with Gasteiger partial charge in [0.05, 0.1) is 16.4 Å². The second kappa shape index (κ2) is 8.83. The van der Waals surface area contributed by atoms with E-state index in [1.54, 1.807) is 12.1 Å². The molecule has 124 valence electrons. The maximum Gasteiger partial charge on any atom is 0.270 e. The number of benzene rings is 2. The molecular weight excluding hydrogens is 326 g/mol. The maximum atomic E-state index is 12.0. The van der Waals surface area contributed by atoms with Crippen LogP contribution in [0.5, 0.6) is 0 Å². The highest BCUT2D eigenvalue weighted by molar-refractivity contribution is 7.99. The zero-order valence-electron chi connectivity index (χ0n) is 13.1. The summed E-state index contributed by atoms with van der Waals surface area (Å²) in [5.74, 6) is 0.530. The van der Waals surface area contributed by atoms with Gasteiger partial charge in [0.25, 0.3) is 11.6 Å². The lowest BCUT2D eigenvalue weighted by Gasteiger charge is -2.09. The fourth-order valence-electron chi connectivity index (χ4n) is 1.85. The highest BCUT2D eigenvalue weighted by Gasteiger charge is 2.12. The van der Waals surface area contributed by atoms with E-state index in [0.717, 1.165) is 11.3 Å². The molecule has 1 amide bonds. The van der Waals surface area contributed by atoms with Crippen LogP contribution in [0.15, 0.2) is 59.7 Å². The van der Waals surface area contributed by atoms with E-state index in [-0.39, 0.29) is 16.8 Å². The molecule has 0 aliphatic rings. The van der Waals surface area contributed by atoms with Crippen LogP contribution in [0.2, 0.25) is 0 Å². The highest BCUT2D eigenvalue weighted by Crippen LogP contribution is 2.17. The average molecular weight is 343 g/mol. The first-order valence-electron chi connectivity index (χ1n) is 7.29. The van der Waals surface area contributed by atoms with E-state index in [9.17, 15) is 14.9 Å². The number of hydrogen-bond donors (Lipinski definition) is 1. The normalized spacial score (nSPS) is 12.0. The first-order valence-corrected chi connectivity index (χ1v) is 8.34. The summed E-state index contributed by atoms with van der Waals surface area (Å²) in [6.45, 7) is 1.81. The Hall–Kier alpha value is -2.67. The third-order valence-corrected chi connectivity index (χ3v) is 4.40. The number of non-ortho nitro benzene ring substituents is 1. The molecule has 0 saturated carbocycles. The number of carbonyl (C=O) groups is 1. The van der Waals surface area contributed by atoms with E-state index in [1.807, 2.05) is 37.3 Å². The van der Waals surface area contributed by atoms with Crippen LogP contribution in [0.3, 0.4) is 0 Å². The molecule has 0 unspecified atom stereocenters. The fraction of sp³-hybridized carbons (Fsp3) is 0.176. The summed E-state index contributed by atoms with van der Waals surface area (Å²) in [5.41, 5.74) is 4.14. The van der Waals surface area contributed by atoms with E-state index in [0.29, 0.717) is 5.56 Å². The van der Waals surface area contributed by atoms with Gasteiger partial charge in [0, 0.05) is 23.4 Å². The Morgan fingerprint density at radius 1 is 1.29 bits per heavy atom. The summed E-state index contributed by atoms with van der Waals surface area (Å²) in [5, 5.41) is 14.3. The van der Waals surface area contributed by atoms with Crippen molar-refractivity contribution in [2.75, 3.05) is 0 Å². The summed E-state index contributed by atoms with van der Waals surface area (Å²) < 4.78 is 0. The molecule has 2 rings (SSSR count). The standard InChI is InChI=1S/C17H17N3O3S/c1-13(24-12-14-6-3-2-4-7-14)17(21)19-18-11-15-8-5-9-16(10-15)20(22)23/h2-11,13H,12H2,1H3,(H,19,21)/b18-11-/t13-/m0/s1. The predicted molar refractivity (Wildman–Crippen MR) is 96.0 cm³/mol. The Balaban J connectivity index is 1.83. The lowest BCUT2D eigenvalue weighted by Crippen LogP contribution is -2.27. The molecule has 1 N–H and O–H groups in total. The molecule has 0 saturated heterocycles. The van der Waals surface area contributed by atoms with Crippen LogP contribution in [-0.2, 0) is 10.5 Å². The van der Waals surface area contributed by atoms with Crippen molar-refractivity contribution >= 4 is 29.6 Å². The van der Waals surface area contributed by atoms with Gasteiger partial charge in [-0.25, -0.2) is 5.43 Å². The van der Waals surface area contributed by atoms with Gasteiger partial charge in [-0.2, -0.15) is 5.10 Å². The smallest absolute Gasteiger partial charge is 0.270 e. The topological polar surface area (TPSA) is 84.6 Å². The lowest BCUT2D eigenvalue weighted by atomic mass is 10.2. The van der Waals surface area contributed by atoms with Crippen LogP contribution in [0.1, 0.15) is 18.1 Å². The molecule has 0 bridgehead atoms. The number of carbonyl (C=O) groups excluding carboxylic acids is 1. The van der Waals surface area contributed by atoms with Gasteiger partial charge < -0.3 is 0 Å². The molecule has 0 aliphatic carbocycles. The lowest BCUT2D eigenvalue weighted by molar-refractivity contribution is -0.384. The Morgan fingerprint density at radius 2 is 2.04 bits per heavy atom. The van der Waals surface area contributed by atoms with Crippen LogP contribution in [-0.4, -0.2) is 22.3 Å². The van der Waals surface area contributed by atoms with Crippen molar-refractivity contribution in [3.05, 3.63) is 75.8 Å². The number of amides is 1. The number of thioether (sulfide) groups is 1. The minimum absolute atomic E-state index is 0.0166. The molecule has 1 atom stereocenters. The largest absolute Gasteiger partial charge is 0.272 e. The number of nitrogens with one attached hydrogen (secondary N) is 1. The summed E-state index contributed by atoms with van der Waals surface area (Å²) in [4.78, 5) is 22.2. The zero-order valence-corrected chi connectivity index (χ0v) is 13.9. The van der Waals surface area contributed by atoms with Crippen LogP contribution < -0.4 is 5.43 Å². The molecule has 24 heavy (non-hydrogen) atoms. The molecule has 0 heterocycles. The molecule has 2 aromatic rings. The van der Waals surface area contributed by atoms with Gasteiger partial charge in [0.2, 0.25) is 0 Å². The predicted octanol–water partition coefficient (Wildman–Crippen LogP) is 3.37. The van der Waals surface area contributed by atoms with Gasteiger partial charge in [0.15, 0.2) is 0 Å². The van der Waals surface area contributed by atoms with Crippen molar-refractivity contribution < 1.29 is 9.72 Å². The first-order chi connectivity index (χ1) is 11.6. The number of hydrogen-bond acceptors (Lipinski definition) is 5. The third-order valence-electron chi connectivity index (χ3n) is 3.18. The number of hydrazone groups is 1. The highest BCUT2D eigenvalue weighted by atomic mass is 32.2. The number of rotatable bonds is 7. The molecule has 0 spiro atoms. The average Bonchev–Trinajstić information content (AvgIpc) is 2.60. The van der Waals surface area contributed by atoms with E-state index in [4.69, 9.17) is 0 Å². The zero-order chi connectivity index (χ0) is 17.4. The summed E-state index contributed by atoms with van der Waals surface area (Å²) in [6.07, 6.45) is 1.39. The minimum Gasteiger partial charge on any atom is -0.272 e. The van der Waals surface area contributed by atoms with Gasteiger partial charge >= 0.3 is 0 Å². The van der Waals surface area contributed by atoms with Crippen molar-refractivity contribution in [2.45, 2.75) is 17.9 Å². The summed E-state index contributed by atoms with van der Waals surface area (Å²) in [6, 6.07) is 15.9. The van der Waals surface area contributed by atoms with Crippen molar-refractivity contribution in [2.24, 2.45) is 5.10 Å². The van der Waals surface area contributed by atoms with E-state index < -0.39 is 4.92 Å². The molecule has 7 heteroatoms. The monoisotopic (exact) mass is 343 g/mol. The van der Waals surface area contributed by atoms with Crippen LogP contribution in [0.25, 0.3) is 0 Å². The Kier molecular flexibility index (Phi) is 6.51. The first kappa shape index (κ1) is 17.7. The van der Waals surface area contributed by atoms with Gasteiger partial charge in [-0.3, -0.25) is 14.9 Å². The SMILES string of the molecule is C[C@H](SCc1ccccc1)C(=O)N/N=C\c1cccc([N+](=O)[O-])c1. The molecule has 0 aliphatic heterocycles. The number of nitro benzene ring substituents is 1. The molecule has 0 aromatic heterocycles. The number of nitro groups is 1. The molecule has 0 radical (unpaired) electrons. The van der Waals surface area contributed by atoms with Crippen molar-refractivity contribution in [1.82, 2.24) is 5.43 Å². The van der Waals surface area contributed by atoms with Gasteiger partial charge in [-0.05, 0) is 12.5 Å². The second-order valence-electron chi connectivity index (χ2n) is 5.03. The van der Waals surface area contributed by atoms with Gasteiger partial charge in [-0.15, -0.1) is 11.8 Å². The second-order valence-corrected chi connectivity index (χ2v) is 6.35. The van der Waals surface area contributed by atoms with E-state index >= 15 is 0 Å².